The average molecular weight is 436 g/mol. The molecular weight excluding hydrogens is 411 g/mol. The molecule has 0 aliphatic rings. The maximum absolute atomic E-state index is 14.6. The number of aromatic nitrogens is 6. The Labute approximate surface area is 184 Å². The molecule has 0 unspecified atom stereocenters. The number of rotatable bonds is 7. The van der Waals surface area contributed by atoms with Crippen LogP contribution in [0.4, 0.5) is 15.9 Å². The minimum Gasteiger partial charge on any atom is -0.362 e. The van der Waals surface area contributed by atoms with E-state index >= 15 is 0 Å². The van der Waals surface area contributed by atoms with E-state index in [1.165, 1.54) is 18.3 Å². The van der Waals surface area contributed by atoms with Gasteiger partial charge >= 0.3 is 0 Å². The van der Waals surface area contributed by atoms with E-state index < -0.39 is 6.04 Å². The number of fused-ring (bicyclic) bond motifs is 1. The summed E-state index contributed by atoms with van der Waals surface area (Å²) in [6.45, 7) is 8.48. The first-order chi connectivity index (χ1) is 15.3. The summed E-state index contributed by atoms with van der Waals surface area (Å²) in [7, 11) is 0. The van der Waals surface area contributed by atoms with Crippen molar-refractivity contribution in [2.24, 2.45) is 0 Å². The van der Waals surface area contributed by atoms with Crippen LogP contribution in [0.3, 0.4) is 0 Å². The zero-order chi connectivity index (χ0) is 22.8. The smallest absolute Gasteiger partial charge is 0.258 e. The number of hydrogen-bond acceptors (Lipinski definition) is 6. The van der Waals surface area contributed by atoms with Crippen molar-refractivity contribution in [2.45, 2.75) is 46.3 Å². The third kappa shape index (κ3) is 4.43. The van der Waals surface area contributed by atoms with Gasteiger partial charge in [-0.15, -0.1) is 0 Å². The first-order valence-electron chi connectivity index (χ1n) is 10.5. The van der Waals surface area contributed by atoms with Crippen molar-refractivity contribution >= 4 is 28.6 Å². The van der Waals surface area contributed by atoms with Crippen LogP contribution in [0.5, 0.6) is 0 Å². The van der Waals surface area contributed by atoms with E-state index in [1.54, 1.807) is 27.8 Å². The Hall–Kier alpha value is -3.82. The lowest BCUT2D eigenvalue weighted by Gasteiger charge is -2.16. The highest BCUT2D eigenvalue weighted by Crippen LogP contribution is 2.25. The number of carbonyl (C=O) groups is 1. The van der Waals surface area contributed by atoms with Gasteiger partial charge in [0.15, 0.2) is 0 Å². The van der Waals surface area contributed by atoms with Gasteiger partial charge in [-0.05, 0) is 45.9 Å². The van der Waals surface area contributed by atoms with Crippen molar-refractivity contribution < 1.29 is 9.18 Å². The summed E-state index contributed by atoms with van der Waals surface area (Å²) in [6, 6.07) is 4.20. The standard InChI is InChI=1S/C22H25FN8O/c1-5-30-12-19-21(29-30)28-20(10-24-19)26-14(4)17-8-16(6-7-18(17)23)27-22(32)15-9-25-31(11-15)13(2)3/h6-14H,5H2,1-4H3,(H,27,32)(H,26,28,29)/t14-/m0/s1. The van der Waals surface area contributed by atoms with Gasteiger partial charge in [0, 0.05) is 30.0 Å². The molecule has 0 radical (unpaired) electrons. The molecule has 0 saturated carbocycles. The van der Waals surface area contributed by atoms with Crippen LogP contribution in [-0.4, -0.2) is 35.4 Å². The van der Waals surface area contributed by atoms with Crippen LogP contribution in [0.15, 0.2) is 43.0 Å². The fourth-order valence-electron chi connectivity index (χ4n) is 3.27. The van der Waals surface area contributed by atoms with Crippen LogP contribution in [0.2, 0.25) is 0 Å². The van der Waals surface area contributed by atoms with E-state index in [9.17, 15) is 9.18 Å². The number of halogens is 1. The summed E-state index contributed by atoms with van der Waals surface area (Å²) in [4.78, 5) is 21.4. The molecule has 0 saturated heterocycles. The second kappa shape index (κ2) is 8.74. The highest BCUT2D eigenvalue weighted by Gasteiger charge is 2.16. The number of benzene rings is 1. The highest BCUT2D eigenvalue weighted by molar-refractivity contribution is 6.04. The lowest BCUT2D eigenvalue weighted by Crippen LogP contribution is -2.14. The van der Waals surface area contributed by atoms with Gasteiger partial charge in [-0.25, -0.2) is 14.4 Å². The first-order valence-corrected chi connectivity index (χ1v) is 10.5. The molecule has 1 aromatic carbocycles. The van der Waals surface area contributed by atoms with Gasteiger partial charge in [-0.1, -0.05) is 0 Å². The SMILES string of the molecule is CCn1cc2ncc(N[C@@H](C)c3cc(NC(=O)c4cnn(C(C)C)c4)ccc3F)nc2n1. The van der Waals surface area contributed by atoms with Gasteiger partial charge in [-0.2, -0.15) is 10.2 Å². The zero-order valence-electron chi connectivity index (χ0n) is 18.4. The summed E-state index contributed by atoms with van der Waals surface area (Å²) in [5.74, 6) is -0.209. The Kier molecular flexibility index (Phi) is 5.85. The van der Waals surface area contributed by atoms with E-state index in [0.717, 1.165) is 6.54 Å². The lowest BCUT2D eigenvalue weighted by molar-refractivity contribution is 0.102. The Bertz CT molecular complexity index is 1260. The summed E-state index contributed by atoms with van der Waals surface area (Å²) in [5.41, 5.74) is 2.53. The first kappa shape index (κ1) is 21.4. The minimum atomic E-state index is -0.421. The largest absolute Gasteiger partial charge is 0.362 e. The molecule has 1 amide bonds. The molecule has 3 heterocycles. The normalized spacial score (nSPS) is 12.3. The van der Waals surface area contributed by atoms with Gasteiger partial charge in [0.2, 0.25) is 5.65 Å². The number of hydrogen-bond donors (Lipinski definition) is 2. The van der Waals surface area contributed by atoms with Gasteiger partial charge < -0.3 is 10.6 Å². The topological polar surface area (TPSA) is 103 Å². The maximum Gasteiger partial charge on any atom is 0.258 e. The number of aryl methyl sites for hydroxylation is 1. The molecule has 3 aromatic heterocycles. The van der Waals surface area contributed by atoms with Gasteiger partial charge in [0.1, 0.15) is 17.2 Å². The lowest BCUT2D eigenvalue weighted by atomic mass is 10.1. The van der Waals surface area contributed by atoms with E-state index in [4.69, 9.17) is 0 Å². The molecule has 0 aliphatic heterocycles. The molecule has 2 N–H and O–H groups in total. The molecule has 0 spiro atoms. The van der Waals surface area contributed by atoms with Crippen molar-refractivity contribution in [3.8, 4) is 0 Å². The fourth-order valence-corrected chi connectivity index (χ4v) is 3.27. The molecule has 9 nitrogen and oxygen atoms in total. The van der Waals surface area contributed by atoms with Crippen LogP contribution >= 0.6 is 0 Å². The van der Waals surface area contributed by atoms with Crippen molar-refractivity contribution in [3.63, 3.8) is 0 Å². The van der Waals surface area contributed by atoms with E-state index in [1.807, 2.05) is 33.9 Å². The molecule has 4 rings (SSSR count). The monoisotopic (exact) mass is 436 g/mol. The summed E-state index contributed by atoms with van der Waals surface area (Å²) < 4.78 is 18.0. The molecule has 0 bridgehead atoms. The Balaban J connectivity index is 1.50. The van der Waals surface area contributed by atoms with Crippen LogP contribution in [0.25, 0.3) is 11.2 Å². The molecule has 10 heteroatoms. The third-order valence-electron chi connectivity index (χ3n) is 5.08. The molecular formula is C22H25FN8O. The molecule has 32 heavy (non-hydrogen) atoms. The van der Waals surface area contributed by atoms with Crippen LogP contribution in [0.1, 0.15) is 55.7 Å². The van der Waals surface area contributed by atoms with Crippen molar-refractivity contribution in [1.82, 2.24) is 29.5 Å². The fraction of sp³-hybridized carbons (Fsp3) is 0.318. The number of nitrogens with one attached hydrogen (secondary N) is 2. The predicted octanol–water partition coefficient (Wildman–Crippen LogP) is 4.19. The third-order valence-corrected chi connectivity index (χ3v) is 5.08. The average Bonchev–Trinajstić information content (AvgIpc) is 3.42. The van der Waals surface area contributed by atoms with Gasteiger partial charge in [-0.3, -0.25) is 14.2 Å². The Morgan fingerprint density at radius 1 is 1.19 bits per heavy atom. The van der Waals surface area contributed by atoms with Gasteiger partial charge in [0.05, 0.1) is 30.2 Å². The van der Waals surface area contributed by atoms with Crippen molar-refractivity contribution in [1.29, 1.82) is 0 Å². The Morgan fingerprint density at radius 2 is 2.00 bits per heavy atom. The minimum absolute atomic E-state index is 0.152. The number of carbonyl (C=O) groups excluding carboxylic acids is 1. The van der Waals surface area contributed by atoms with E-state index in [2.05, 4.69) is 30.8 Å². The maximum atomic E-state index is 14.6. The highest BCUT2D eigenvalue weighted by atomic mass is 19.1. The molecule has 0 aliphatic carbocycles. The van der Waals surface area contributed by atoms with Crippen molar-refractivity contribution in [2.75, 3.05) is 10.6 Å². The zero-order valence-corrected chi connectivity index (χ0v) is 18.4. The summed E-state index contributed by atoms with van der Waals surface area (Å²) >= 11 is 0. The van der Waals surface area contributed by atoms with Crippen LogP contribution in [-0.2, 0) is 6.54 Å². The summed E-state index contributed by atoms with van der Waals surface area (Å²) in [6.07, 6.45) is 6.62. The second-order valence-electron chi connectivity index (χ2n) is 7.81. The molecule has 166 valence electrons. The number of nitrogens with zero attached hydrogens (tertiary/aromatic N) is 6. The summed E-state index contributed by atoms with van der Waals surface area (Å²) in [5, 5.41) is 14.5. The van der Waals surface area contributed by atoms with Crippen LogP contribution in [0, 0.1) is 5.82 Å². The van der Waals surface area contributed by atoms with E-state index in [-0.39, 0.29) is 17.8 Å². The quantitative estimate of drug-likeness (QED) is 0.450. The van der Waals surface area contributed by atoms with Crippen molar-refractivity contribution in [3.05, 3.63) is 59.9 Å². The molecule has 0 fully saturated rings. The predicted molar refractivity (Wildman–Crippen MR) is 120 cm³/mol. The van der Waals surface area contributed by atoms with Crippen LogP contribution < -0.4 is 10.6 Å². The van der Waals surface area contributed by atoms with E-state index in [0.29, 0.717) is 33.8 Å². The molecule has 1 atom stereocenters. The number of anilines is 2. The molecule has 4 aromatic rings. The number of amides is 1. The Morgan fingerprint density at radius 3 is 2.72 bits per heavy atom. The van der Waals surface area contributed by atoms with Gasteiger partial charge in [0.25, 0.3) is 5.91 Å². The second-order valence-corrected chi connectivity index (χ2v) is 7.81.